The van der Waals surface area contributed by atoms with Crippen molar-refractivity contribution < 1.29 is 41.0 Å². The van der Waals surface area contributed by atoms with Crippen molar-refractivity contribution in [3.8, 4) is 34.0 Å². The van der Waals surface area contributed by atoms with E-state index in [1.165, 1.54) is 43.3 Å². The maximum absolute atomic E-state index is 13.6. The van der Waals surface area contributed by atoms with Crippen LogP contribution in [-0.2, 0) is 30.2 Å². The van der Waals surface area contributed by atoms with Crippen LogP contribution in [0.4, 0.5) is 37.7 Å². The van der Waals surface area contributed by atoms with Crippen molar-refractivity contribution in [3.63, 3.8) is 0 Å². The number of phenolic OH excluding ortho intramolecular Hbond substituents is 1. The first-order valence-electron chi connectivity index (χ1n) is 17.1. The number of aromatic nitrogens is 2. The van der Waals surface area contributed by atoms with Gasteiger partial charge in [-0.05, 0) is 54.4 Å². The van der Waals surface area contributed by atoms with Crippen molar-refractivity contribution in [3.05, 3.63) is 187 Å². The van der Waals surface area contributed by atoms with Gasteiger partial charge in [-0.15, -0.1) is 0 Å². The van der Waals surface area contributed by atoms with Gasteiger partial charge in [-0.2, -0.15) is 26.3 Å². The predicted molar refractivity (Wildman–Crippen MR) is 204 cm³/mol. The standard InChI is InChI=1S/C23H17F3N2O3.C20H13F3N2O2/c1-15(29)14-31-18-10-6-9-17(11-18)20-12-19(23(24,25)26)21(27-2)22(30)28(20)13-16-7-4-3-5-8-16;1-24-18-16(20(21,22)23)11-17(14-8-5-9-15(26)10-14)25(19(18)27)12-13-6-3-2-4-7-13/h3-12H,13-14H2,1H3;2-11,26H,12H2. The molecule has 0 amide bonds. The van der Waals surface area contributed by atoms with Crippen LogP contribution < -0.4 is 15.9 Å². The highest BCUT2D eigenvalue weighted by atomic mass is 19.4. The average molecular weight is 797 g/mol. The number of hydrogen-bond acceptors (Lipinski definition) is 5. The van der Waals surface area contributed by atoms with E-state index in [1.54, 1.807) is 72.8 Å². The molecule has 0 saturated carbocycles. The minimum Gasteiger partial charge on any atom is -0.508 e. The van der Waals surface area contributed by atoms with E-state index in [4.69, 9.17) is 17.9 Å². The molecule has 15 heteroatoms. The second kappa shape index (κ2) is 17.6. The smallest absolute Gasteiger partial charge is 0.407 e. The molecule has 294 valence electrons. The molecule has 0 saturated heterocycles. The molecular formula is C43H30F6N4O5. The molecule has 6 aromatic rings. The predicted octanol–water partition coefficient (Wildman–Crippen LogP) is 9.94. The number of nitrogens with zero attached hydrogens (tertiary/aromatic N) is 4. The lowest BCUT2D eigenvalue weighted by Gasteiger charge is -2.18. The Hall–Kier alpha value is -7.39. The molecule has 0 spiro atoms. The minimum absolute atomic E-state index is 0.00861. The van der Waals surface area contributed by atoms with E-state index in [2.05, 4.69) is 9.69 Å². The molecule has 58 heavy (non-hydrogen) atoms. The van der Waals surface area contributed by atoms with Crippen LogP contribution in [0.3, 0.4) is 0 Å². The maximum Gasteiger partial charge on any atom is 0.407 e. The van der Waals surface area contributed by atoms with E-state index >= 15 is 0 Å². The number of benzene rings is 4. The summed E-state index contributed by atoms with van der Waals surface area (Å²) in [5.74, 6) is -0.0876. The lowest BCUT2D eigenvalue weighted by molar-refractivity contribution is -0.137. The first-order valence-corrected chi connectivity index (χ1v) is 17.1. The number of hydrogen-bond donors (Lipinski definition) is 1. The Balaban J connectivity index is 0.000000223. The molecule has 9 nitrogen and oxygen atoms in total. The number of ether oxygens (including phenoxy) is 1. The Labute approximate surface area is 326 Å². The summed E-state index contributed by atoms with van der Waals surface area (Å²) in [6.07, 6.45) is -9.72. The number of pyridine rings is 2. The fraction of sp³-hybridized carbons (Fsp3) is 0.140. The molecule has 0 fully saturated rings. The van der Waals surface area contributed by atoms with Crippen LogP contribution >= 0.6 is 0 Å². The minimum atomic E-state index is -4.87. The van der Waals surface area contributed by atoms with E-state index in [1.807, 2.05) is 0 Å². The summed E-state index contributed by atoms with van der Waals surface area (Å²) in [4.78, 5) is 42.6. The van der Waals surface area contributed by atoms with Crippen molar-refractivity contribution in [2.24, 2.45) is 0 Å². The van der Waals surface area contributed by atoms with E-state index in [-0.39, 0.29) is 59.5 Å². The second-order valence-electron chi connectivity index (χ2n) is 12.6. The van der Waals surface area contributed by atoms with Gasteiger partial charge in [-0.25, -0.2) is 9.69 Å². The third-order valence-electron chi connectivity index (χ3n) is 8.46. The number of phenols is 1. The summed E-state index contributed by atoms with van der Waals surface area (Å²) < 4.78 is 88.7. The SMILES string of the molecule is [C-]#[N+]c1c(C(F)(F)F)cc(-c2cccc(O)c2)n(Cc2ccccc2)c1=O.[C-]#[N+]c1c(C(F)(F)F)cc(-c2cccc(OCC(C)=O)c2)n(Cc2ccccc2)c1=O. The fourth-order valence-corrected chi connectivity index (χ4v) is 5.84. The number of aromatic hydroxyl groups is 1. The molecule has 0 aliphatic heterocycles. The number of rotatable bonds is 9. The molecule has 0 atom stereocenters. The molecule has 2 aromatic heterocycles. The highest BCUT2D eigenvalue weighted by Gasteiger charge is 2.37. The van der Waals surface area contributed by atoms with Crippen LogP contribution in [0.2, 0.25) is 0 Å². The molecule has 0 radical (unpaired) electrons. The van der Waals surface area contributed by atoms with Crippen molar-refractivity contribution in [1.82, 2.24) is 9.13 Å². The zero-order valence-electron chi connectivity index (χ0n) is 30.3. The number of carbonyl (C=O) groups excluding carboxylic acids is 1. The number of alkyl halides is 6. The van der Waals surface area contributed by atoms with Gasteiger partial charge in [0, 0.05) is 35.6 Å². The average Bonchev–Trinajstić information content (AvgIpc) is 3.18. The first-order chi connectivity index (χ1) is 27.5. The summed E-state index contributed by atoms with van der Waals surface area (Å²) in [5.41, 5.74) is -4.71. The lowest BCUT2D eigenvalue weighted by atomic mass is 10.1. The lowest BCUT2D eigenvalue weighted by Crippen LogP contribution is -2.25. The van der Waals surface area contributed by atoms with Crippen LogP contribution in [0.1, 0.15) is 29.2 Å². The van der Waals surface area contributed by atoms with E-state index < -0.39 is 46.0 Å². The van der Waals surface area contributed by atoms with E-state index in [0.29, 0.717) is 11.1 Å². The third-order valence-corrected chi connectivity index (χ3v) is 8.46. The Morgan fingerprint density at radius 1 is 0.638 bits per heavy atom. The Morgan fingerprint density at radius 3 is 1.47 bits per heavy atom. The zero-order chi connectivity index (χ0) is 42.2. The molecule has 0 unspecified atom stereocenters. The maximum atomic E-state index is 13.6. The van der Waals surface area contributed by atoms with Crippen LogP contribution in [0, 0.1) is 13.1 Å². The second-order valence-corrected chi connectivity index (χ2v) is 12.6. The Bertz CT molecular complexity index is 2660. The number of carbonyl (C=O) groups is 1. The largest absolute Gasteiger partial charge is 0.508 e. The molecule has 0 aliphatic rings. The van der Waals surface area contributed by atoms with Gasteiger partial charge in [0.2, 0.25) is 0 Å². The molecule has 1 N–H and O–H groups in total. The van der Waals surface area contributed by atoms with Gasteiger partial charge in [0.1, 0.15) is 18.1 Å². The normalized spacial score (nSPS) is 11.1. The monoisotopic (exact) mass is 796 g/mol. The summed E-state index contributed by atoms with van der Waals surface area (Å²) in [6.45, 7) is 15.3. The van der Waals surface area contributed by atoms with Crippen molar-refractivity contribution in [2.75, 3.05) is 6.61 Å². The number of halogens is 6. The van der Waals surface area contributed by atoms with Crippen molar-refractivity contribution in [2.45, 2.75) is 32.4 Å². The van der Waals surface area contributed by atoms with Crippen LogP contribution in [0.15, 0.2) is 131 Å². The topological polar surface area (TPSA) is 99.2 Å². The molecule has 0 aliphatic carbocycles. The molecule has 6 rings (SSSR count). The molecule has 2 heterocycles. The molecule has 0 bridgehead atoms. The van der Waals surface area contributed by atoms with Gasteiger partial charge in [0.15, 0.2) is 5.78 Å². The summed E-state index contributed by atoms with van der Waals surface area (Å²) in [5, 5.41) is 9.70. The van der Waals surface area contributed by atoms with Gasteiger partial charge in [0.05, 0.1) is 24.3 Å². The zero-order valence-corrected chi connectivity index (χ0v) is 30.3. The number of Topliss-reactive ketones (excluding diaryl/α,β-unsaturated/α-hetero) is 1. The van der Waals surface area contributed by atoms with Gasteiger partial charge >= 0.3 is 12.4 Å². The molecular weight excluding hydrogens is 766 g/mol. The molecule has 4 aromatic carbocycles. The van der Waals surface area contributed by atoms with Gasteiger partial charge in [-0.1, -0.05) is 84.9 Å². The number of ketones is 1. The van der Waals surface area contributed by atoms with Crippen LogP contribution in [-0.4, -0.2) is 26.6 Å². The summed E-state index contributed by atoms with van der Waals surface area (Å²) in [6, 6.07) is 30.8. The van der Waals surface area contributed by atoms with Gasteiger partial charge < -0.3 is 19.0 Å². The van der Waals surface area contributed by atoms with E-state index in [0.717, 1.165) is 21.3 Å². The fourth-order valence-electron chi connectivity index (χ4n) is 5.84. The van der Waals surface area contributed by atoms with Crippen LogP contribution in [0.25, 0.3) is 32.2 Å². The van der Waals surface area contributed by atoms with Gasteiger partial charge in [0.25, 0.3) is 22.5 Å². The van der Waals surface area contributed by atoms with Crippen molar-refractivity contribution >= 4 is 17.2 Å². The summed E-state index contributed by atoms with van der Waals surface area (Å²) in [7, 11) is 0. The highest BCUT2D eigenvalue weighted by Crippen LogP contribution is 2.39. The first kappa shape index (κ1) is 41.8. The van der Waals surface area contributed by atoms with E-state index in [9.17, 15) is 45.8 Å². The summed E-state index contributed by atoms with van der Waals surface area (Å²) >= 11 is 0. The van der Waals surface area contributed by atoms with Crippen molar-refractivity contribution in [1.29, 1.82) is 0 Å². The Morgan fingerprint density at radius 2 is 1.07 bits per heavy atom. The third kappa shape index (κ3) is 9.88. The quantitative estimate of drug-likeness (QED) is 0.116. The highest BCUT2D eigenvalue weighted by molar-refractivity contribution is 5.77. The Kier molecular flexibility index (Phi) is 12.7. The van der Waals surface area contributed by atoms with Crippen LogP contribution in [0.5, 0.6) is 11.5 Å². The van der Waals surface area contributed by atoms with Gasteiger partial charge in [-0.3, -0.25) is 14.4 Å².